The van der Waals surface area contributed by atoms with Gasteiger partial charge in [-0.3, -0.25) is 4.98 Å². The molecule has 0 aromatic carbocycles. The largest absolute Gasteiger partial charge is 0.495 e. The summed E-state index contributed by atoms with van der Waals surface area (Å²) in [4.78, 5) is 6.95. The van der Waals surface area contributed by atoms with E-state index in [1.54, 1.807) is 13.3 Å². The highest BCUT2D eigenvalue weighted by molar-refractivity contribution is 5.26. The van der Waals surface area contributed by atoms with Crippen LogP contribution in [0.5, 0.6) is 5.75 Å². The van der Waals surface area contributed by atoms with E-state index in [1.165, 1.54) is 31.2 Å². The van der Waals surface area contributed by atoms with Gasteiger partial charge in [0.15, 0.2) is 0 Å². The summed E-state index contributed by atoms with van der Waals surface area (Å²) in [5, 5.41) is 3.69. The predicted octanol–water partition coefficient (Wildman–Crippen LogP) is 2.61. The number of pyridine rings is 1. The Balaban J connectivity index is 1.81. The third-order valence-corrected chi connectivity index (χ3v) is 5.36. The zero-order chi connectivity index (χ0) is 14.8. The van der Waals surface area contributed by atoms with Gasteiger partial charge in [-0.25, -0.2) is 0 Å². The Kier molecular flexibility index (Phi) is 4.45. The first-order chi connectivity index (χ1) is 10.2. The minimum absolute atomic E-state index is 0.398. The van der Waals surface area contributed by atoms with Crippen LogP contribution in [0.1, 0.15) is 44.2 Å². The van der Waals surface area contributed by atoms with Crippen molar-refractivity contribution in [2.24, 2.45) is 5.92 Å². The standard InChI is InChI=1S/C17H27N3O/c1-4-19-17(13-9-16(21-3)11-18-10-13)12-7-14-5-6-15(8-12)20(14)2/h9-12,14-15,17,19H,4-8H2,1-3H3. The first-order valence-electron chi connectivity index (χ1n) is 8.17. The number of ether oxygens (including phenoxy) is 1. The highest BCUT2D eigenvalue weighted by Crippen LogP contribution is 2.42. The highest BCUT2D eigenvalue weighted by atomic mass is 16.5. The third kappa shape index (κ3) is 2.92. The lowest BCUT2D eigenvalue weighted by molar-refractivity contribution is 0.112. The molecule has 1 aromatic rings. The van der Waals surface area contributed by atoms with Crippen molar-refractivity contribution in [2.75, 3.05) is 20.7 Å². The van der Waals surface area contributed by atoms with E-state index in [4.69, 9.17) is 4.74 Å². The van der Waals surface area contributed by atoms with Crippen LogP contribution < -0.4 is 10.1 Å². The quantitative estimate of drug-likeness (QED) is 0.904. The van der Waals surface area contributed by atoms with Crippen LogP contribution in [0.25, 0.3) is 0 Å². The molecule has 116 valence electrons. The molecule has 3 atom stereocenters. The lowest BCUT2D eigenvalue weighted by Gasteiger charge is -2.40. The normalized spacial score (nSPS) is 30.3. The first kappa shape index (κ1) is 14.8. The molecule has 2 aliphatic rings. The molecule has 0 radical (unpaired) electrons. The van der Waals surface area contributed by atoms with Crippen molar-refractivity contribution in [3.05, 3.63) is 24.0 Å². The van der Waals surface area contributed by atoms with E-state index in [1.807, 2.05) is 6.20 Å². The van der Waals surface area contributed by atoms with Crippen molar-refractivity contribution in [1.29, 1.82) is 0 Å². The van der Waals surface area contributed by atoms with E-state index in [-0.39, 0.29) is 0 Å². The van der Waals surface area contributed by atoms with Crippen molar-refractivity contribution >= 4 is 0 Å². The Hall–Kier alpha value is -1.13. The van der Waals surface area contributed by atoms with Crippen LogP contribution in [0.2, 0.25) is 0 Å². The van der Waals surface area contributed by atoms with E-state index in [9.17, 15) is 0 Å². The van der Waals surface area contributed by atoms with Crippen molar-refractivity contribution in [1.82, 2.24) is 15.2 Å². The number of aromatic nitrogens is 1. The summed E-state index contributed by atoms with van der Waals surface area (Å²) < 4.78 is 5.34. The molecule has 3 rings (SSSR count). The fourth-order valence-electron chi connectivity index (χ4n) is 4.22. The molecule has 2 aliphatic heterocycles. The second kappa shape index (κ2) is 6.32. The molecule has 3 unspecified atom stereocenters. The lowest BCUT2D eigenvalue weighted by Crippen LogP contribution is -2.43. The Morgan fingerprint density at radius 1 is 1.33 bits per heavy atom. The fourth-order valence-corrected chi connectivity index (χ4v) is 4.22. The first-order valence-corrected chi connectivity index (χ1v) is 8.17. The summed E-state index contributed by atoms with van der Waals surface area (Å²) in [5.41, 5.74) is 1.27. The minimum atomic E-state index is 0.398. The molecule has 1 N–H and O–H groups in total. The van der Waals surface area contributed by atoms with Gasteiger partial charge in [-0.2, -0.15) is 0 Å². The summed E-state index contributed by atoms with van der Waals surface area (Å²) in [7, 11) is 4.01. The third-order valence-electron chi connectivity index (χ3n) is 5.36. The molecule has 2 fully saturated rings. The predicted molar refractivity (Wildman–Crippen MR) is 84.5 cm³/mol. The maximum Gasteiger partial charge on any atom is 0.137 e. The number of methoxy groups -OCH3 is 1. The van der Waals surface area contributed by atoms with Gasteiger partial charge in [-0.05, 0) is 56.8 Å². The molecule has 0 saturated carbocycles. The number of rotatable bonds is 5. The summed E-state index contributed by atoms with van der Waals surface area (Å²) >= 11 is 0. The van der Waals surface area contributed by atoms with Crippen molar-refractivity contribution in [3.8, 4) is 5.75 Å². The van der Waals surface area contributed by atoms with E-state index >= 15 is 0 Å². The average molecular weight is 289 g/mol. The van der Waals surface area contributed by atoms with Gasteiger partial charge < -0.3 is 15.0 Å². The molecule has 2 saturated heterocycles. The summed E-state index contributed by atoms with van der Waals surface area (Å²) in [6.45, 7) is 3.17. The van der Waals surface area contributed by atoms with Gasteiger partial charge in [0.1, 0.15) is 5.75 Å². The van der Waals surface area contributed by atoms with Crippen LogP contribution in [0.4, 0.5) is 0 Å². The minimum Gasteiger partial charge on any atom is -0.495 e. The Morgan fingerprint density at radius 2 is 2.05 bits per heavy atom. The molecule has 0 aliphatic carbocycles. The van der Waals surface area contributed by atoms with Gasteiger partial charge in [0.25, 0.3) is 0 Å². The molecule has 1 aromatic heterocycles. The van der Waals surface area contributed by atoms with E-state index < -0.39 is 0 Å². The molecule has 4 heteroatoms. The van der Waals surface area contributed by atoms with Crippen LogP contribution in [0.15, 0.2) is 18.5 Å². The molecule has 21 heavy (non-hydrogen) atoms. The molecule has 0 spiro atoms. The van der Waals surface area contributed by atoms with E-state index in [0.717, 1.165) is 24.4 Å². The number of nitrogens with one attached hydrogen (secondary N) is 1. The molecule has 3 heterocycles. The molecular formula is C17H27N3O. The van der Waals surface area contributed by atoms with Crippen LogP contribution in [-0.4, -0.2) is 42.7 Å². The van der Waals surface area contributed by atoms with E-state index in [2.05, 4.69) is 35.2 Å². The number of piperidine rings is 1. The SMILES string of the molecule is CCNC(c1cncc(OC)c1)C1CC2CCC(C1)N2C. The molecular weight excluding hydrogens is 262 g/mol. The van der Waals surface area contributed by atoms with Gasteiger partial charge in [0.05, 0.1) is 13.3 Å². The van der Waals surface area contributed by atoms with Gasteiger partial charge >= 0.3 is 0 Å². The summed E-state index contributed by atoms with van der Waals surface area (Å²) in [5.74, 6) is 1.55. The number of nitrogens with zero attached hydrogens (tertiary/aromatic N) is 2. The van der Waals surface area contributed by atoms with Gasteiger partial charge in [0.2, 0.25) is 0 Å². The molecule has 4 nitrogen and oxygen atoms in total. The Bertz CT molecular complexity index is 465. The topological polar surface area (TPSA) is 37.4 Å². The lowest BCUT2D eigenvalue weighted by atomic mass is 9.82. The molecule has 0 amide bonds. The maximum atomic E-state index is 5.34. The zero-order valence-corrected chi connectivity index (χ0v) is 13.4. The second-order valence-electron chi connectivity index (χ2n) is 6.48. The summed E-state index contributed by atoms with van der Waals surface area (Å²) in [6, 6.07) is 4.08. The second-order valence-corrected chi connectivity index (χ2v) is 6.48. The monoisotopic (exact) mass is 289 g/mol. The van der Waals surface area contributed by atoms with Crippen molar-refractivity contribution < 1.29 is 4.74 Å². The van der Waals surface area contributed by atoms with Crippen LogP contribution >= 0.6 is 0 Å². The number of hydrogen-bond acceptors (Lipinski definition) is 4. The summed E-state index contributed by atoms with van der Waals surface area (Å²) in [6.07, 6.45) is 9.10. The van der Waals surface area contributed by atoms with Crippen LogP contribution in [0, 0.1) is 5.92 Å². The van der Waals surface area contributed by atoms with E-state index in [0.29, 0.717) is 12.0 Å². The smallest absolute Gasteiger partial charge is 0.137 e. The van der Waals surface area contributed by atoms with Crippen molar-refractivity contribution in [3.63, 3.8) is 0 Å². The van der Waals surface area contributed by atoms with Crippen LogP contribution in [-0.2, 0) is 0 Å². The zero-order valence-electron chi connectivity index (χ0n) is 13.4. The van der Waals surface area contributed by atoms with Crippen molar-refractivity contribution in [2.45, 2.75) is 50.7 Å². The van der Waals surface area contributed by atoms with Gasteiger partial charge in [0, 0.05) is 24.3 Å². The average Bonchev–Trinajstić information content (AvgIpc) is 2.74. The Labute approximate surface area is 127 Å². The highest BCUT2D eigenvalue weighted by Gasteiger charge is 2.41. The Morgan fingerprint density at radius 3 is 2.67 bits per heavy atom. The van der Waals surface area contributed by atoms with Crippen LogP contribution in [0.3, 0.4) is 0 Å². The van der Waals surface area contributed by atoms with Gasteiger partial charge in [-0.1, -0.05) is 6.92 Å². The maximum absolute atomic E-state index is 5.34. The van der Waals surface area contributed by atoms with Gasteiger partial charge in [-0.15, -0.1) is 0 Å². The number of hydrogen-bond donors (Lipinski definition) is 1. The number of fused-ring (bicyclic) bond motifs is 2. The molecule has 2 bridgehead atoms. The fraction of sp³-hybridized carbons (Fsp3) is 0.706.